The third-order valence-corrected chi connectivity index (χ3v) is 6.68. The first-order chi connectivity index (χ1) is 13.6. The van der Waals surface area contributed by atoms with Crippen LogP contribution < -0.4 is 0 Å². The van der Waals surface area contributed by atoms with Gasteiger partial charge in [0.25, 0.3) is 0 Å². The highest BCUT2D eigenvalue weighted by Crippen LogP contribution is 2.42. The predicted octanol–water partition coefficient (Wildman–Crippen LogP) is 8.19. The molecule has 0 aliphatic rings. The van der Waals surface area contributed by atoms with Crippen LogP contribution in [-0.4, -0.2) is 22.4 Å². The Kier molecular flexibility index (Phi) is 18.9. The van der Waals surface area contributed by atoms with Gasteiger partial charge in [0.2, 0.25) is 0 Å². The summed E-state index contributed by atoms with van der Waals surface area (Å²) in [6, 6.07) is 0. The van der Waals surface area contributed by atoms with Gasteiger partial charge in [0.15, 0.2) is 0 Å². The van der Waals surface area contributed by atoms with Gasteiger partial charge >= 0.3 is 0 Å². The van der Waals surface area contributed by atoms with E-state index in [1.807, 2.05) is 0 Å². The summed E-state index contributed by atoms with van der Waals surface area (Å²) in [6.45, 7) is 8.98. The van der Waals surface area contributed by atoms with Crippen LogP contribution in [0.4, 0.5) is 0 Å². The van der Waals surface area contributed by atoms with Gasteiger partial charge in [-0.25, -0.2) is 0 Å². The molecule has 0 heterocycles. The van der Waals surface area contributed by atoms with E-state index in [9.17, 15) is 10.2 Å². The highest BCUT2D eigenvalue weighted by molar-refractivity contribution is 4.90. The Bertz CT molecular complexity index is 308. The zero-order chi connectivity index (χ0) is 21.1. The number of aliphatic hydroxyl groups is 2. The van der Waals surface area contributed by atoms with E-state index in [1.165, 1.54) is 89.9 Å². The fraction of sp³-hybridized carbons (Fsp3) is 1.00. The van der Waals surface area contributed by atoms with E-state index < -0.39 is 12.2 Å². The fourth-order valence-corrected chi connectivity index (χ4v) is 4.66. The second-order valence-electron chi connectivity index (χ2n) is 9.30. The predicted molar refractivity (Wildman–Crippen MR) is 125 cm³/mol. The molecule has 28 heavy (non-hydrogen) atoms. The van der Waals surface area contributed by atoms with Crippen LogP contribution in [0.1, 0.15) is 150 Å². The molecule has 0 aliphatic carbocycles. The van der Waals surface area contributed by atoms with E-state index in [1.54, 1.807) is 0 Å². The van der Waals surface area contributed by atoms with E-state index in [0.29, 0.717) is 0 Å². The summed E-state index contributed by atoms with van der Waals surface area (Å²) < 4.78 is 0. The summed E-state index contributed by atoms with van der Waals surface area (Å²) in [6.07, 6.45) is 21.4. The van der Waals surface area contributed by atoms with Crippen LogP contribution in [0.2, 0.25) is 0 Å². The van der Waals surface area contributed by atoms with Gasteiger partial charge < -0.3 is 10.2 Å². The van der Waals surface area contributed by atoms with Gasteiger partial charge in [-0.15, -0.1) is 0 Å². The first-order valence-electron chi connectivity index (χ1n) is 12.9. The van der Waals surface area contributed by atoms with Crippen LogP contribution in [0, 0.1) is 5.41 Å². The average Bonchev–Trinajstić information content (AvgIpc) is 2.71. The molecular formula is C26H54O2. The molecule has 2 heteroatoms. The molecule has 0 spiro atoms. The molecule has 2 nitrogen and oxygen atoms in total. The zero-order valence-electron chi connectivity index (χ0n) is 20.0. The molecule has 0 radical (unpaired) electrons. The Morgan fingerprint density at radius 1 is 0.500 bits per heavy atom. The van der Waals surface area contributed by atoms with Crippen LogP contribution in [-0.2, 0) is 0 Å². The SMILES string of the molecule is CCCCCCCCCC(O)C(O)C(CCCC)(CCCC)CCCCCC. The van der Waals surface area contributed by atoms with Crippen LogP contribution in [0.3, 0.4) is 0 Å². The molecule has 0 saturated heterocycles. The van der Waals surface area contributed by atoms with Crippen molar-refractivity contribution in [3.63, 3.8) is 0 Å². The van der Waals surface area contributed by atoms with Gasteiger partial charge in [-0.1, -0.05) is 124 Å². The number of hydrogen-bond donors (Lipinski definition) is 2. The molecule has 0 rings (SSSR count). The van der Waals surface area contributed by atoms with Crippen molar-refractivity contribution in [2.75, 3.05) is 0 Å². The van der Waals surface area contributed by atoms with E-state index in [4.69, 9.17) is 0 Å². The lowest BCUT2D eigenvalue weighted by molar-refractivity contribution is -0.0834. The van der Waals surface area contributed by atoms with Crippen molar-refractivity contribution in [2.45, 2.75) is 162 Å². The zero-order valence-corrected chi connectivity index (χ0v) is 20.0. The van der Waals surface area contributed by atoms with Gasteiger partial charge in [-0.05, 0) is 31.1 Å². The molecule has 2 atom stereocenters. The lowest BCUT2D eigenvalue weighted by atomic mass is 9.68. The lowest BCUT2D eigenvalue weighted by Crippen LogP contribution is -2.43. The van der Waals surface area contributed by atoms with Crippen LogP contribution in [0.15, 0.2) is 0 Å². The molecule has 0 aromatic rings. The third-order valence-electron chi connectivity index (χ3n) is 6.68. The Morgan fingerprint density at radius 2 is 0.893 bits per heavy atom. The minimum absolute atomic E-state index is 0.0691. The molecule has 0 aliphatic heterocycles. The van der Waals surface area contributed by atoms with Gasteiger partial charge in [0.05, 0.1) is 12.2 Å². The molecular weight excluding hydrogens is 344 g/mol. The maximum atomic E-state index is 11.3. The smallest absolute Gasteiger partial charge is 0.0855 e. The molecule has 0 aromatic carbocycles. The average molecular weight is 399 g/mol. The van der Waals surface area contributed by atoms with E-state index in [0.717, 1.165) is 32.1 Å². The van der Waals surface area contributed by atoms with Crippen LogP contribution >= 0.6 is 0 Å². The van der Waals surface area contributed by atoms with E-state index in [-0.39, 0.29) is 5.41 Å². The first-order valence-corrected chi connectivity index (χ1v) is 12.9. The Morgan fingerprint density at radius 3 is 1.39 bits per heavy atom. The standard InChI is InChI=1S/C26H54O2/c1-5-9-13-15-16-17-18-20-24(27)25(28)26(21-11-7-3,22-12-8-4)23-19-14-10-6-2/h24-25,27-28H,5-23H2,1-4H3. The Balaban J connectivity index is 4.70. The van der Waals surface area contributed by atoms with E-state index >= 15 is 0 Å². The second kappa shape index (κ2) is 18.9. The fourth-order valence-electron chi connectivity index (χ4n) is 4.66. The minimum Gasteiger partial charge on any atom is -0.390 e. The number of unbranched alkanes of at least 4 members (excludes halogenated alkanes) is 11. The molecule has 0 saturated carbocycles. The van der Waals surface area contributed by atoms with Gasteiger partial charge in [-0.2, -0.15) is 0 Å². The highest BCUT2D eigenvalue weighted by Gasteiger charge is 2.39. The maximum absolute atomic E-state index is 11.3. The summed E-state index contributed by atoms with van der Waals surface area (Å²) in [7, 11) is 0. The maximum Gasteiger partial charge on any atom is 0.0855 e. The van der Waals surface area contributed by atoms with E-state index in [2.05, 4.69) is 27.7 Å². The molecule has 2 N–H and O–H groups in total. The normalized spacial score (nSPS) is 14.4. The van der Waals surface area contributed by atoms with Crippen LogP contribution in [0.25, 0.3) is 0 Å². The van der Waals surface area contributed by atoms with Crippen molar-refractivity contribution >= 4 is 0 Å². The largest absolute Gasteiger partial charge is 0.390 e. The quantitative estimate of drug-likeness (QED) is 0.191. The number of hydrogen-bond acceptors (Lipinski definition) is 2. The minimum atomic E-state index is -0.549. The Labute approximate surface area is 177 Å². The summed E-state index contributed by atoms with van der Waals surface area (Å²) >= 11 is 0. The van der Waals surface area contributed by atoms with Crippen molar-refractivity contribution in [1.29, 1.82) is 0 Å². The van der Waals surface area contributed by atoms with Crippen molar-refractivity contribution in [3.8, 4) is 0 Å². The van der Waals surface area contributed by atoms with Crippen LogP contribution in [0.5, 0.6) is 0 Å². The molecule has 0 amide bonds. The third kappa shape index (κ3) is 12.5. The molecule has 2 unspecified atom stereocenters. The first kappa shape index (κ1) is 27.9. The molecule has 0 aromatic heterocycles. The molecule has 0 bridgehead atoms. The van der Waals surface area contributed by atoms with Crippen molar-refractivity contribution in [3.05, 3.63) is 0 Å². The highest BCUT2D eigenvalue weighted by atomic mass is 16.3. The summed E-state index contributed by atoms with van der Waals surface area (Å²) in [5, 5.41) is 22.1. The van der Waals surface area contributed by atoms with Crippen molar-refractivity contribution < 1.29 is 10.2 Å². The Hall–Kier alpha value is -0.0800. The molecule has 0 fully saturated rings. The summed E-state index contributed by atoms with van der Waals surface area (Å²) in [4.78, 5) is 0. The molecule has 170 valence electrons. The van der Waals surface area contributed by atoms with Gasteiger partial charge in [-0.3, -0.25) is 0 Å². The lowest BCUT2D eigenvalue weighted by Gasteiger charge is -2.41. The van der Waals surface area contributed by atoms with Crippen molar-refractivity contribution in [2.24, 2.45) is 5.41 Å². The monoisotopic (exact) mass is 398 g/mol. The summed E-state index contributed by atoms with van der Waals surface area (Å²) in [5.41, 5.74) is -0.0691. The number of aliphatic hydroxyl groups excluding tert-OH is 2. The summed E-state index contributed by atoms with van der Waals surface area (Å²) in [5.74, 6) is 0. The van der Waals surface area contributed by atoms with Gasteiger partial charge in [0.1, 0.15) is 0 Å². The second-order valence-corrected chi connectivity index (χ2v) is 9.30. The topological polar surface area (TPSA) is 40.5 Å². The van der Waals surface area contributed by atoms with Gasteiger partial charge in [0, 0.05) is 0 Å². The number of rotatable bonds is 21. The van der Waals surface area contributed by atoms with Crippen molar-refractivity contribution in [1.82, 2.24) is 0 Å².